The lowest BCUT2D eigenvalue weighted by atomic mass is 9.86. The van der Waals surface area contributed by atoms with Crippen molar-refractivity contribution < 1.29 is 29.1 Å². The van der Waals surface area contributed by atoms with Gasteiger partial charge in [-0.25, -0.2) is 4.79 Å². The molecule has 2 N–H and O–H groups in total. The normalized spacial score (nSPS) is 15.6. The molecule has 0 bridgehead atoms. The second kappa shape index (κ2) is 8.52. The van der Waals surface area contributed by atoms with E-state index in [-0.39, 0.29) is 5.59 Å². The zero-order chi connectivity index (χ0) is 20.3. The third-order valence-corrected chi connectivity index (χ3v) is 4.42. The number of hydrogen-bond acceptors (Lipinski definition) is 7. The molecule has 0 radical (unpaired) electrons. The van der Waals surface area contributed by atoms with Gasteiger partial charge in [-0.1, -0.05) is 0 Å². The van der Waals surface area contributed by atoms with Crippen LogP contribution in [0.1, 0.15) is 20.8 Å². The molecular weight excluding hydrogens is 363 g/mol. The van der Waals surface area contributed by atoms with Crippen LogP contribution in [0, 0.1) is 0 Å². The Morgan fingerprint density at radius 3 is 2.57 bits per heavy atom. The molecule has 2 aromatic rings. The summed E-state index contributed by atoms with van der Waals surface area (Å²) >= 11 is 0. The van der Waals surface area contributed by atoms with Crippen molar-refractivity contribution in [2.24, 2.45) is 0 Å². The van der Waals surface area contributed by atoms with E-state index in [4.69, 9.17) is 14.2 Å². The van der Waals surface area contributed by atoms with Gasteiger partial charge < -0.3 is 24.3 Å². The first-order valence-corrected chi connectivity index (χ1v) is 9.42. The summed E-state index contributed by atoms with van der Waals surface area (Å²) in [7, 11) is -1.80. The Hall–Kier alpha value is -2.07. The maximum Gasteiger partial charge on any atom is 0.506 e. The summed E-state index contributed by atoms with van der Waals surface area (Å²) in [6, 6.07) is 6.81. The smallest absolute Gasteiger partial charge is 0.492 e. The molecule has 3 rings (SSSR count). The predicted octanol–water partition coefficient (Wildman–Crippen LogP) is 0.815. The molecule has 0 unspecified atom stereocenters. The van der Waals surface area contributed by atoms with E-state index in [1.807, 2.05) is 0 Å². The Bertz CT molecular complexity index is 824. The van der Waals surface area contributed by atoms with Crippen LogP contribution in [0.2, 0.25) is 0 Å². The van der Waals surface area contributed by atoms with Gasteiger partial charge in [0.25, 0.3) is 0 Å². The fraction of sp³-hybridized carbons (Fsp3) is 0.526. The van der Waals surface area contributed by atoms with Gasteiger partial charge in [0.05, 0.1) is 24.3 Å². The Balaban J connectivity index is 1.77. The molecule has 0 atom stereocenters. The largest absolute Gasteiger partial charge is 0.506 e. The number of aromatic nitrogens is 1. The van der Waals surface area contributed by atoms with E-state index in [0.717, 1.165) is 32.8 Å². The van der Waals surface area contributed by atoms with E-state index in [0.29, 0.717) is 23.3 Å². The fourth-order valence-electron chi connectivity index (χ4n) is 3.12. The lowest BCUT2D eigenvalue weighted by Crippen LogP contribution is -2.40. The third kappa shape index (κ3) is 5.05. The predicted molar refractivity (Wildman–Crippen MR) is 106 cm³/mol. The quantitative estimate of drug-likeness (QED) is 0.730. The monoisotopic (exact) mass is 390 g/mol. The van der Waals surface area contributed by atoms with Gasteiger partial charge in [-0.2, -0.15) is 0 Å². The van der Waals surface area contributed by atoms with Crippen LogP contribution in [0.4, 0.5) is 4.79 Å². The lowest BCUT2D eigenvalue weighted by molar-refractivity contribution is 0.0322. The molecular formula is C19H27BN2O6. The first kappa shape index (κ1) is 20.7. The molecule has 9 heteroatoms. The second-order valence-corrected chi connectivity index (χ2v) is 7.78. The first-order valence-electron chi connectivity index (χ1n) is 9.42. The third-order valence-electron chi connectivity index (χ3n) is 4.42. The van der Waals surface area contributed by atoms with Crippen molar-refractivity contribution in [3.05, 3.63) is 24.3 Å². The van der Waals surface area contributed by atoms with Gasteiger partial charge >= 0.3 is 13.2 Å². The Morgan fingerprint density at radius 2 is 1.93 bits per heavy atom. The van der Waals surface area contributed by atoms with Gasteiger partial charge in [0.2, 0.25) is 0 Å². The van der Waals surface area contributed by atoms with Gasteiger partial charge in [-0.3, -0.25) is 9.47 Å². The van der Waals surface area contributed by atoms with Gasteiger partial charge in [0.1, 0.15) is 18.0 Å². The highest BCUT2D eigenvalue weighted by molar-refractivity contribution is 6.59. The molecule has 28 heavy (non-hydrogen) atoms. The maximum atomic E-state index is 12.6. The average Bonchev–Trinajstić information content (AvgIpc) is 3.00. The number of nitrogens with zero attached hydrogens (tertiary/aromatic N) is 2. The lowest BCUT2D eigenvalue weighted by Gasteiger charge is -2.26. The number of benzene rings is 1. The van der Waals surface area contributed by atoms with E-state index in [1.165, 1.54) is 4.57 Å². The van der Waals surface area contributed by atoms with Gasteiger partial charge in [-0.05, 0) is 45.0 Å². The van der Waals surface area contributed by atoms with Crippen molar-refractivity contribution in [1.29, 1.82) is 0 Å². The van der Waals surface area contributed by atoms with Crippen molar-refractivity contribution in [3.8, 4) is 5.75 Å². The number of carbonyl (C=O) groups excluding carboxylic acids is 1. The zero-order valence-corrected chi connectivity index (χ0v) is 16.6. The molecule has 8 nitrogen and oxygen atoms in total. The Labute approximate surface area is 164 Å². The minimum Gasteiger partial charge on any atom is -0.492 e. The summed E-state index contributed by atoms with van der Waals surface area (Å²) in [5.41, 5.74) is -0.124. The summed E-state index contributed by atoms with van der Waals surface area (Å²) in [5, 5.41) is 20.0. The van der Waals surface area contributed by atoms with Crippen LogP contribution in [0.3, 0.4) is 0 Å². The van der Waals surface area contributed by atoms with Crippen molar-refractivity contribution in [3.63, 3.8) is 0 Å². The van der Waals surface area contributed by atoms with Crippen LogP contribution in [0.25, 0.3) is 10.9 Å². The topological polar surface area (TPSA) is 93.4 Å². The summed E-state index contributed by atoms with van der Waals surface area (Å²) in [4.78, 5) is 14.8. The summed E-state index contributed by atoms with van der Waals surface area (Å²) in [6.07, 6.45) is -0.661. The molecule has 1 aromatic carbocycles. The summed E-state index contributed by atoms with van der Waals surface area (Å²) in [5.74, 6) is 0.654. The molecule has 1 aliphatic rings. The number of fused-ring (bicyclic) bond motifs is 1. The number of morpholine rings is 1. The van der Waals surface area contributed by atoms with Gasteiger partial charge in [0.15, 0.2) is 0 Å². The second-order valence-electron chi connectivity index (χ2n) is 7.78. The van der Waals surface area contributed by atoms with Crippen LogP contribution in [-0.2, 0) is 9.47 Å². The summed E-state index contributed by atoms with van der Waals surface area (Å²) in [6.45, 7) is 9.91. The van der Waals surface area contributed by atoms with E-state index in [9.17, 15) is 14.8 Å². The van der Waals surface area contributed by atoms with Crippen LogP contribution in [0.15, 0.2) is 24.3 Å². The van der Waals surface area contributed by atoms with Crippen LogP contribution in [-0.4, -0.2) is 77.8 Å². The SMILES string of the molecule is CC(C)(C)OC(=O)n1c(B(O)O)cc2cc(OCCN3CCOCC3)ccc21. The van der Waals surface area contributed by atoms with E-state index in [1.54, 1.807) is 45.0 Å². The van der Waals surface area contributed by atoms with Gasteiger partial charge in [-0.15, -0.1) is 0 Å². The highest BCUT2D eigenvalue weighted by atomic mass is 16.6. The average molecular weight is 390 g/mol. The standard InChI is InChI=1S/C19H27BN2O6/c1-19(2,3)28-18(23)22-16-5-4-15(12-14(16)13-17(22)20(24)25)27-11-8-21-6-9-26-10-7-21/h4-5,12-13,24-25H,6-11H2,1-3H3. The highest BCUT2D eigenvalue weighted by Gasteiger charge is 2.27. The van der Waals surface area contributed by atoms with Crippen molar-refractivity contribution in [2.75, 3.05) is 39.5 Å². The minimum absolute atomic E-state index is 0.0507. The van der Waals surface area contributed by atoms with E-state index in [2.05, 4.69) is 4.90 Å². The molecule has 1 saturated heterocycles. The zero-order valence-electron chi connectivity index (χ0n) is 16.6. The van der Waals surface area contributed by atoms with Crippen LogP contribution in [0.5, 0.6) is 5.75 Å². The summed E-state index contributed by atoms with van der Waals surface area (Å²) < 4.78 is 17.7. The number of rotatable bonds is 5. The van der Waals surface area contributed by atoms with E-state index < -0.39 is 18.8 Å². The number of hydrogen-bond donors (Lipinski definition) is 2. The maximum absolute atomic E-state index is 12.6. The van der Waals surface area contributed by atoms with E-state index >= 15 is 0 Å². The minimum atomic E-state index is -1.80. The molecule has 0 spiro atoms. The number of ether oxygens (including phenoxy) is 3. The van der Waals surface area contributed by atoms with Crippen LogP contribution >= 0.6 is 0 Å². The molecule has 152 valence electrons. The Morgan fingerprint density at radius 1 is 1.21 bits per heavy atom. The van der Waals surface area contributed by atoms with Crippen molar-refractivity contribution in [2.45, 2.75) is 26.4 Å². The number of carbonyl (C=O) groups is 1. The Kier molecular flexibility index (Phi) is 6.29. The molecule has 0 saturated carbocycles. The molecule has 1 aliphatic heterocycles. The first-order chi connectivity index (χ1) is 13.2. The van der Waals surface area contributed by atoms with Crippen molar-refractivity contribution >= 4 is 29.7 Å². The van der Waals surface area contributed by atoms with Crippen molar-refractivity contribution in [1.82, 2.24) is 9.47 Å². The van der Waals surface area contributed by atoms with Gasteiger partial charge in [0, 0.05) is 25.0 Å². The molecule has 1 aromatic heterocycles. The van der Waals surface area contributed by atoms with Crippen LogP contribution < -0.4 is 10.3 Å². The molecule has 0 aliphatic carbocycles. The molecule has 2 heterocycles. The molecule has 1 fully saturated rings. The highest BCUT2D eigenvalue weighted by Crippen LogP contribution is 2.23. The molecule has 0 amide bonds. The fourth-order valence-corrected chi connectivity index (χ4v) is 3.12.